The molecule has 1 unspecified atom stereocenters. The van der Waals surface area contributed by atoms with Crippen LogP contribution in [-0.4, -0.2) is 11.7 Å². The molecule has 0 fully saturated rings. The lowest BCUT2D eigenvalue weighted by molar-refractivity contribution is 0.221. The first-order valence-corrected chi connectivity index (χ1v) is 6.93. The number of nitrogen functional groups attached to an aromatic ring is 1. The van der Waals surface area contributed by atoms with Gasteiger partial charge in [0.05, 0.1) is 6.61 Å². The zero-order chi connectivity index (χ0) is 13.4. The van der Waals surface area contributed by atoms with Crippen LogP contribution in [-0.2, 0) is 6.42 Å². The van der Waals surface area contributed by atoms with E-state index < -0.39 is 6.10 Å². The zero-order valence-corrected chi connectivity index (χ0v) is 11.9. The molecule has 4 heteroatoms. The van der Waals surface area contributed by atoms with E-state index in [2.05, 4.69) is 15.9 Å². The second-order valence-electron chi connectivity index (χ2n) is 4.64. The molecule has 0 spiro atoms. The quantitative estimate of drug-likeness (QED) is 0.836. The predicted molar refractivity (Wildman–Crippen MR) is 78.3 cm³/mol. The average molecular weight is 320 g/mol. The highest BCUT2D eigenvalue weighted by Crippen LogP contribution is 2.33. The molecule has 2 aromatic rings. The monoisotopic (exact) mass is 319 g/mol. The standard InChI is InChI=1S/C15H14BrNO2/c16-11-2-3-13(17)12(8-11)15(18)10-1-4-14-9(7-10)5-6-19-14/h1-4,7-8,15,18H,5-6,17H2. The minimum atomic E-state index is -0.719. The highest BCUT2D eigenvalue weighted by atomic mass is 79.9. The fourth-order valence-electron chi connectivity index (χ4n) is 2.34. The third kappa shape index (κ3) is 2.33. The van der Waals surface area contributed by atoms with Crippen molar-refractivity contribution in [2.45, 2.75) is 12.5 Å². The summed E-state index contributed by atoms with van der Waals surface area (Å²) in [4.78, 5) is 0. The molecular weight excluding hydrogens is 306 g/mol. The van der Waals surface area contributed by atoms with Gasteiger partial charge in [0.25, 0.3) is 0 Å². The summed E-state index contributed by atoms with van der Waals surface area (Å²) >= 11 is 3.40. The summed E-state index contributed by atoms with van der Waals surface area (Å²) in [6, 6.07) is 11.3. The number of aliphatic hydroxyl groups excluding tert-OH is 1. The SMILES string of the molecule is Nc1ccc(Br)cc1C(O)c1ccc2c(c1)CCO2. The molecule has 0 saturated carbocycles. The van der Waals surface area contributed by atoms with E-state index >= 15 is 0 Å². The van der Waals surface area contributed by atoms with Crippen molar-refractivity contribution in [3.05, 3.63) is 57.6 Å². The van der Waals surface area contributed by atoms with E-state index in [4.69, 9.17) is 10.5 Å². The van der Waals surface area contributed by atoms with E-state index in [0.29, 0.717) is 17.9 Å². The summed E-state index contributed by atoms with van der Waals surface area (Å²) in [6.45, 7) is 0.716. The van der Waals surface area contributed by atoms with Crippen LogP contribution in [0, 0.1) is 0 Å². The van der Waals surface area contributed by atoms with E-state index in [1.807, 2.05) is 30.3 Å². The van der Waals surface area contributed by atoms with Crippen LogP contribution in [0.2, 0.25) is 0 Å². The van der Waals surface area contributed by atoms with E-state index in [9.17, 15) is 5.11 Å². The Morgan fingerprint density at radius 3 is 2.89 bits per heavy atom. The lowest BCUT2D eigenvalue weighted by Gasteiger charge is -2.15. The number of anilines is 1. The van der Waals surface area contributed by atoms with Gasteiger partial charge in [-0.2, -0.15) is 0 Å². The highest BCUT2D eigenvalue weighted by Gasteiger charge is 2.18. The Labute approximate surface area is 120 Å². The molecule has 0 radical (unpaired) electrons. The zero-order valence-electron chi connectivity index (χ0n) is 10.3. The molecule has 1 aliphatic heterocycles. The topological polar surface area (TPSA) is 55.5 Å². The molecule has 19 heavy (non-hydrogen) atoms. The Kier molecular flexibility index (Phi) is 3.21. The van der Waals surface area contributed by atoms with E-state index in [1.54, 1.807) is 6.07 Å². The molecule has 3 nitrogen and oxygen atoms in total. The van der Waals surface area contributed by atoms with Gasteiger partial charge in [0, 0.05) is 22.1 Å². The first-order chi connectivity index (χ1) is 9.15. The highest BCUT2D eigenvalue weighted by molar-refractivity contribution is 9.10. The molecule has 0 aromatic heterocycles. The normalized spacial score (nSPS) is 14.8. The van der Waals surface area contributed by atoms with Gasteiger partial charge in [-0.05, 0) is 41.5 Å². The summed E-state index contributed by atoms with van der Waals surface area (Å²) in [5.41, 5.74) is 9.23. The van der Waals surface area contributed by atoms with Crippen LogP contribution in [0.5, 0.6) is 5.75 Å². The fraction of sp³-hybridized carbons (Fsp3) is 0.200. The van der Waals surface area contributed by atoms with Crippen LogP contribution in [0.1, 0.15) is 22.8 Å². The Hall–Kier alpha value is -1.52. The number of rotatable bonds is 2. The van der Waals surface area contributed by atoms with E-state index in [0.717, 1.165) is 27.8 Å². The molecule has 1 heterocycles. The largest absolute Gasteiger partial charge is 0.493 e. The van der Waals surface area contributed by atoms with Crippen LogP contribution in [0.15, 0.2) is 40.9 Å². The summed E-state index contributed by atoms with van der Waals surface area (Å²) in [5, 5.41) is 10.5. The number of nitrogens with two attached hydrogens (primary N) is 1. The first-order valence-electron chi connectivity index (χ1n) is 6.14. The minimum absolute atomic E-state index is 0.590. The fourth-order valence-corrected chi connectivity index (χ4v) is 2.72. The Morgan fingerprint density at radius 2 is 2.05 bits per heavy atom. The summed E-state index contributed by atoms with van der Waals surface area (Å²) in [6.07, 6.45) is 0.174. The molecule has 3 N–H and O–H groups in total. The number of halogens is 1. The molecule has 0 aliphatic carbocycles. The van der Waals surface area contributed by atoms with Crippen molar-refractivity contribution < 1.29 is 9.84 Å². The molecule has 3 rings (SSSR count). The van der Waals surface area contributed by atoms with Gasteiger partial charge in [-0.3, -0.25) is 0 Å². The van der Waals surface area contributed by atoms with Crippen molar-refractivity contribution in [2.75, 3.05) is 12.3 Å². The van der Waals surface area contributed by atoms with Crippen molar-refractivity contribution in [3.8, 4) is 5.75 Å². The lowest BCUT2D eigenvalue weighted by atomic mass is 9.98. The van der Waals surface area contributed by atoms with Crippen LogP contribution in [0.4, 0.5) is 5.69 Å². The van der Waals surface area contributed by atoms with Gasteiger partial charge in [0.15, 0.2) is 0 Å². The third-order valence-electron chi connectivity index (χ3n) is 3.37. The Bertz CT molecular complexity index is 628. The molecule has 0 bridgehead atoms. The van der Waals surface area contributed by atoms with Gasteiger partial charge in [-0.1, -0.05) is 22.0 Å². The second kappa shape index (κ2) is 4.87. The van der Waals surface area contributed by atoms with Crippen LogP contribution in [0.3, 0.4) is 0 Å². The van der Waals surface area contributed by atoms with E-state index in [1.165, 1.54) is 0 Å². The molecule has 0 amide bonds. The van der Waals surface area contributed by atoms with Crippen LogP contribution < -0.4 is 10.5 Å². The van der Waals surface area contributed by atoms with Crippen molar-refractivity contribution in [3.63, 3.8) is 0 Å². The molecule has 0 saturated heterocycles. The summed E-state index contributed by atoms with van der Waals surface area (Å²) in [7, 11) is 0. The molecule has 1 aliphatic rings. The summed E-state index contributed by atoms with van der Waals surface area (Å²) < 4.78 is 6.37. The van der Waals surface area contributed by atoms with Crippen molar-refractivity contribution in [1.82, 2.24) is 0 Å². The van der Waals surface area contributed by atoms with Gasteiger partial charge in [0.1, 0.15) is 11.9 Å². The number of hydrogen-bond acceptors (Lipinski definition) is 3. The molecular formula is C15H14BrNO2. The van der Waals surface area contributed by atoms with Gasteiger partial charge in [-0.25, -0.2) is 0 Å². The number of hydrogen-bond donors (Lipinski definition) is 2. The second-order valence-corrected chi connectivity index (χ2v) is 5.56. The third-order valence-corrected chi connectivity index (χ3v) is 3.87. The lowest BCUT2D eigenvalue weighted by Crippen LogP contribution is -2.04. The molecule has 98 valence electrons. The minimum Gasteiger partial charge on any atom is -0.493 e. The van der Waals surface area contributed by atoms with Gasteiger partial charge in [0.2, 0.25) is 0 Å². The average Bonchev–Trinajstić information content (AvgIpc) is 2.88. The number of benzene rings is 2. The number of aliphatic hydroxyl groups is 1. The number of ether oxygens (including phenoxy) is 1. The predicted octanol–water partition coefficient (Wildman–Crippen LogP) is 3.05. The number of fused-ring (bicyclic) bond motifs is 1. The van der Waals surface area contributed by atoms with Gasteiger partial charge >= 0.3 is 0 Å². The smallest absolute Gasteiger partial charge is 0.122 e. The van der Waals surface area contributed by atoms with Gasteiger partial charge in [-0.15, -0.1) is 0 Å². The Balaban J connectivity index is 1.99. The van der Waals surface area contributed by atoms with Crippen molar-refractivity contribution in [1.29, 1.82) is 0 Å². The van der Waals surface area contributed by atoms with Crippen LogP contribution in [0.25, 0.3) is 0 Å². The van der Waals surface area contributed by atoms with E-state index in [-0.39, 0.29) is 0 Å². The first kappa shape index (κ1) is 12.5. The van der Waals surface area contributed by atoms with Crippen LogP contribution >= 0.6 is 15.9 Å². The maximum absolute atomic E-state index is 10.5. The molecule has 2 aromatic carbocycles. The maximum atomic E-state index is 10.5. The van der Waals surface area contributed by atoms with Crippen molar-refractivity contribution >= 4 is 21.6 Å². The Morgan fingerprint density at radius 1 is 1.21 bits per heavy atom. The van der Waals surface area contributed by atoms with Crippen molar-refractivity contribution in [2.24, 2.45) is 0 Å². The summed E-state index contributed by atoms with van der Waals surface area (Å²) in [5.74, 6) is 0.915. The maximum Gasteiger partial charge on any atom is 0.122 e. The molecule has 1 atom stereocenters. The van der Waals surface area contributed by atoms with Gasteiger partial charge < -0.3 is 15.6 Å².